The van der Waals surface area contributed by atoms with Crippen LogP contribution >= 0.6 is 12.4 Å². The molecule has 0 aromatic heterocycles. The normalized spacial score (nSPS) is 17.8. The molecule has 0 saturated heterocycles. The minimum absolute atomic E-state index is 0. The van der Waals surface area contributed by atoms with E-state index in [0.717, 1.165) is 11.6 Å². The third-order valence-electron chi connectivity index (χ3n) is 4.46. The van der Waals surface area contributed by atoms with Gasteiger partial charge in [-0.3, -0.25) is 4.79 Å². The van der Waals surface area contributed by atoms with Gasteiger partial charge in [0, 0.05) is 23.6 Å². The van der Waals surface area contributed by atoms with Crippen molar-refractivity contribution in [3.8, 4) is 5.75 Å². The summed E-state index contributed by atoms with van der Waals surface area (Å²) in [5.41, 5.74) is 1.14. The first-order valence-corrected chi connectivity index (χ1v) is 8.95. The molecule has 0 aliphatic heterocycles. The molecule has 0 unspecified atom stereocenters. The van der Waals surface area contributed by atoms with Crippen molar-refractivity contribution in [2.75, 3.05) is 13.1 Å². The van der Waals surface area contributed by atoms with Crippen LogP contribution in [0.5, 0.6) is 5.75 Å². The number of alkyl halides is 3. The number of amides is 1. The van der Waals surface area contributed by atoms with Crippen molar-refractivity contribution >= 4 is 18.3 Å². The fourth-order valence-corrected chi connectivity index (χ4v) is 2.99. The summed E-state index contributed by atoms with van der Waals surface area (Å²) in [5.74, 6) is -2.76. The minimum Gasteiger partial charge on any atom is -0.486 e. The van der Waals surface area contributed by atoms with Crippen LogP contribution in [-0.2, 0) is 11.4 Å². The molecule has 0 spiro atoms. The van der Waals surface area contributed by atoms with E-state index in [2.05, 4.69) is 5.32 Å². The Hall–Kier alpha value is -2.39. The summed E-state index contributed by atoms with van der Waals surface area (Å²) in [7, 11) is 0. The van der Waals surface area contributed by atoms with Crippen LogP contribution in [0, 0.1) is 11.6 Å². The zero-order valence-electron chi connectivity index (χ0n) is 15.6. The second-order valence-corrected chi connectivity index (χ2v) is 6.80. The number of carbonyl (C=O) groups is 1. The zero-order valence-corrected chi connectivity index (χ0v) is 16.5. The summed E-state index contributed by atoms with van der Waals surface area (Å²) in [6.07, 6.45) is -4.00. The summed E-state index contributed by atoms with van der Waals surface area (Å²) >= 11 is 0. The van der Waals surface area contributed by atoms with E-state index in [-0.39, 0.29) is 43.3 Å². The highest BCUT2D eigenvalue weighted by molar-refractivity contribution is 5.85. The second kappa shape index (κ2) is 10.1. The van der Waals surface area contributed by atoms with Crippen molar-refractivity contribution in [3.63, 3.8) is 0 Å². The Morgan fingerprint density at radius 1 is 1.13 bits per heavy atom. The number of benzene rings is 2. The number of carbonyl (C=O) groups excluding carboxylic acids is 1. The van der Waals surface area contributed by atoms with Gasteiger partial charge in [0.15, 0.2) is 11.6 Å². The number of hydrogen-bond donors (Lipinski definition) is 2. The highest BCUT2D eigenvalue weighted by Crippen LogP contribution is 2.46. The van der Waals surface area contributed by atoms with Crippen LogP contribution in [0.4, 0.5) is 22.0 Å². The Morgan fingerprint density at radius 2 is 1.83 bits per heavy atom. The number of rotatable bonds is 8. The van der Waals surface area contributed by atoms with Gasteiger partial charge < -0.3 is 15.4 Å². The van der Waals surface area contributed by atoms with E-state index in [0.29, 0.717) is 12.0 Å². The van der Waals surface area contributed by atoms with E-state index < -0.39 is 30.3 Å². The molecule has 1 fully saturated rings. The van der Waals surface area contributed by atoms with Crippen molar-refractivity contribution in [2.45, 2.75) is 31.2 Å². The molecule has 3 rings (SSSR count). The molecule has 2 N–H and O–H groups in total. The SMILES string of the molecule is Cl.O=C(CN[C@@H]1C[C@H]1c1cc(F)cc(F)c1OCc1ccccc1)NCC(F)(F)F. The molecule has 4 nitrogen and oxygen atoms in total. The molecule has 0 radical (unpaired) electrons. The Balaban J connectivity index is 0.00000320. The van der Waals surface area contributed by atoms with Gasteiger partial charge in [-0.2, -0.15) is 13.2 Å². The van der Waals surface area contributed by atoms with E-state index in [1.165, 1.54) is 6.07 Å². The smallest absolute Gasteiger partial charge is 0.405 e. The van der Waals surface area contributed by atoms with Gasteiger partial charge in [-0.05, 0) is 18.1 Å². The monoisotopic (exact) mass is 450 g/mol. The first-order valence-electron chi connectivity index (χ1n) is 8.95. The lowest BCUT2D eigenvalue weighted by molar-refractivity contribution is -0.137. The predicted octanol–water partition coefficient (Wildman–Crippen LogP) is 4.09. The Morgan fingerprint density at radius 3 is 2.50 bits per heavy atom. The zero-order chi connectivity index (χ0) is 21.0. The molecule has 2 atom stereocenters. The first-order chi connectivity index (χ1) is 13.7. The standard InChI is InChI=1S/C20H19F5N2O2.ClH/c21-13-6-15(14-8-17(14)26-9-18(28)27-11-20(23,24)25)19(16(22)7-13)29-10-12-4-2-1-3-5-12;/h1-7,14,17,26H,8-11H2,(H,27,28);1H/t14-,17+;/m0./s1. The van der Waals surface area contributed by atoms with Crippen molar-refractivity contribution < 1.29 is 31.5 Å². The van der Waals surface area contributed by atoms with Gasteiger partial charge in [-0.15, -0.1) is 12.4 Å². The van der Waals surface area contributed by atoms with Crippen LogP contribution in [0.1, 0.15) is 23.5 Å². The van der Waals surface area contributed by atoms with E-state index in [1.54, 1.807) is 5.32 Å². The molecule has 1 aliphatic carbocycles. The minimum atomic E-state index is -4.48. The van der Waals surface area contributed by atoms with Crippen LogP contribution in [0.3, 0.4) is 0 Å². The summed E-state index contributed by atoms with van der Waals surface area (Å²) in [4.78, 5) is 11.5. The molecular formula is C20H20ClF5N2O2. The molecular weight excluding hydrogens is 431 g/mol. The fraction of sp³-hybridized carbons (Fsp3) is 0.350. The number of ether oxygens (including phenoxy) is 1. The molecule has 1 amide bonds. The van der Waals surface area contributed by atoms with Gasteiger partial charge in [0.1, 0.15) is 19.0 Å². The van der Waals surface area contributed by atoms with E-state index in [4.69, 9.17) is 4.74 Å². The molecule has 164 valence electrons. The molecule has 2 aromatic rings. The number of halogens is 6. The average Bonchev–Trinajstić information content (AvgIpc) is 3.43. The van der Waals surface area contributed by atoms with E-state index >= 15 is 0 Å². The topological polar surface area (TPSA) is 50.4 Å². The quantitative estimate of drug-likeness (QED) is 0.596. The van der Waals surface area contributed by atoms with Crippen LogP contribution < -0.4 is 15.4 Å². The molecule has 2 aromatic carbocycles. The van der Waals surface area contributed by atoms with E-state index in [1.807, 2.05) is 30.3 Å². The molecule has 10 heteroatoms. The Bertz CT molecular complexity index is 864. The predicted molar refractivity (Wildman–Crippen MR) is 103 cm³/mol. The molecule has 1 aliphatic rings. The lowest BCUT2D eigenvalue weighted by atomic mass is 10.1. The van der Waals surface area contributed by atoms with Crippen molar-refractivity contribution in [3.05, 3.63) is 65.2 Å². The molecule has 0 heterocycles. The first kappa shape index (κ1) is 23.9. The Kier molecular flexibility index (Phi) is 8.03. The average molecular weight is 451 g/mol. The van der Waals surface area contributed by atoms with Gasteiger partial charge in [-0.25, -0.2) is 8.78 Å². The van der Waals surface area contributed by atoms with Crippen molar-refractivity contribution in [2.24, 2.45) is 0 Å². The third kappa shape index (κ3) is 6.84. The van der Waals surface area contributed by atoms with Gasteiger partial charge in [0.05, 0.1) is 6.54 Å². The van der Waals surface area contributed by atoms with Gasteiger partial charge in [0.2, 0.25) is 5.91 Å². The van der Waals surface area contributed by atoms with Crippen LogP contribution in [0.15, 0.2) is 42.5 Å². The van der Waals surface area contributed by atoms with Gasteiger partial charge >= 0.3 is 6.18 Å². The largest absolute Gasteiger partial charge is 0.486 e. The molecule has 1 saturated carbocycles. The van der Waals surface area contributed by atoms with E-state index in [9.17, 15) is 26.7 Å². The summed E-state index contributed by atoms with van der Waals surface area (Å²) in [6.45, 7) is -1.63. The highest BCUT2D eigenvalue weighted by atomic mass is 35.5. The molecule has 30 heavy (non-hydrogen) atoms. The summed E-state index contributed by atoms with van der Waals surface area (Å²) in [5, 5.41) is 4.56. The lowest BCUT2D eigenvalue weighted by Gasteiger charge is -2.13. The van der Waals surface area contributed by atoms with Crippen molar-refractivity contribution in [1.29, 1.82) is 0 Å². The molecule has 0 bridgehead atoms. The summed E-state index contributed by atoms with van der Waals surface area (Å²) < 4.78 is 69.9. The van der Waals surface area contributed by atoms with Crippen LogP contribution in [-0.4, -0.2) is 31.2 Å². The maximum Gasteiger partial charge on any atom is 0.405 e. The maximum absolute atomic E-state index is 14.3. The lowest BCUT2D eigenvalue weighted by Crippen LogP contribution is -2.40. The van der Waals surface area contributed by atoms with Gasteiger partial charge in [0.25, 0.3) is 0 Å². The summed E-state index contributed by atoms with van der Waals surface area (Å²) in [6, 6.07) is 10.7. The number of hydrogen-bond acceptors (Lipinski definition) is 3. The van der Waals surface area contributed by atoms with Crippen molar-refractivity contribution in [1.82, 2.24) is 10.6 Å². The van der Waals surface area contributed by atoms with Crippen LogP contribution in [0.25, 0.3) is 0 Å². The van der Waals surface area contributed by atoms with Crippen LogP contribution in [0.2, 0.25) is 0 Å². The number of nitrogens with one attached hydrogen (secondary N) is 2. The third-order valence-corrected chi connectivity index (χ3v) is 4.46. The highest BCUT2D eigenvalue weighted by Gasteiger charge is 2.41. The Labute approximate surface area is 176 Å². The fourth-order valence-electron chi connectivity index (χ4n) is 2.99. The second-order valence-electron chi connectivity index (χ2n) is 6.80. The maximum atomic E-state index is 14.3. The van der Waals surface area contributed by atoms with Gasteiger partial charge in [-0.1, -0.05) is 30.3 Å².